The van der Waals surface area contributed by atoms with E-state index in [2.05, 4.69) is 60.9 Å². The lowest BCUT2D eigenvalue weighted by molar-refractivity contribution is -0.257. The quantitative estimate of drug-likeness (QED) is 0.0369. The van der Waals surface area contributed by atoms with Crippen LogP contribution in [0, 0.1) is 0 Å². The number of carbonyl (C=O) groups excluding carboxylic acids is 5. The minimum absolute atomic E-state index is 0.0740. The van der Waals surface area contributed by atoms with Crippen LogP contribution in [0.15, 0.2) is 25.2 Å². The van der Waals surface area contributed by atoms with E-state index >= 15 is 0 Å². The molecule has 22 nitrogen and oxygen atoms in total. The van der Waals surface area contributed by atoms with Crippen LogP contribution in [0.2, 0.25) is 0 Å². The van der Waals surface area contributed by atoms with Gasteiger partial charge in [-0.15, -0.1) is 0 Å². The van der Waals surface area contributed by atoms with Gasteiger partial charge in [-0.3, -0.25) is 43.4 Å². The number of imidazole rings is 1. The molecule has 374 valence electrons. The second-order valence-electron chi connectivity index (χ2n) is 17.3. The van der Waals surface area contributed by atoms with Crippen LogP contribution in [-0.4, -0.2) is 180 Å². The maximum absolute atomic E-state index is 14.2. The predicted octanol–water partition coefficient (Wildman–Crippen LogP) is 1.91. The lowest BCUT2D eigenvalue weighted by atomic mass is 10.1. The minimum Gasteiger partial charge on any atom is -0.389 e. The van der Waals surface area contributed by atoms with Crippen LogP contribution in [-0.2, 0) is 56.7 Å². The zero-order chi connectivity index (χ0) is 49.7. The average Bonchev–Trinajstić information content (AvgIpc) is 4.01. The number of unbranched alkanes of at least 4 members (excludes halogenated alkanes) is 2. The van der Waals surface area contributed by atoms with E-state index in [0.717, 1.165) is 36.7 Å². The van der Waals surface area contributed by atoms with Gasteiger partial charge in [-0.1, -0.05) is 27.4 Å². The number of likely N-dealkylation sites (N-methyl/N-ethyl adjacent to an activating group) is 4. The molecule has 0 spiro atoms. The Kier molecular flexibility index (Phi) is 23.0. The van der Waals surface area contributed by atoms with Gasteiger partial charge < -0.3 is 45.4 Å². The van der Waals surface area contributed by atoms with E-state index in [0.29, 0.717) is 81.6 Å². The SMILES string of the molecule is C=CC(N)=O.CCNCC(=O)OC(OC(=O)CN(C)CC)OC(=O)CN(C)CCN(C)CC(=O)NCCCCCn1cc(Nc2nc(N3CCC(F)C3)nc3c2ncn3C(C)(C)C)c(CC)n1. The summed E-state index contributed by atoms with van der Waals surface area (Å²) in [6.07, 6.45) is 7.61. The van der Waals surface area contributed by atoms with Crippen LogP contribution in [0.4, 0.5) is 21.8 Å². The standard InChI is InChI=1S/C41H68FN13O7.C3H5NO/c1-10-30-31(46-37-36-38(55(28-45-36)41(4,5)6)48-39(47-37)53-19-16-29(42)23-53)24-54(49-30)18-15-13-14-17-44-32(56)25-51(8)20-21-52(9)27-35(59)62-40(60-33(57)22-43-11-2)61-34(58)26-50(7)12-3;1-2-3(4)5/h24,28-29,40,43H,10-23,25-27H2,1-9H3,(H,44,56)(H,46,47,48);2H,1H2,(H2,4,5). The van der Waals surface area contributed by atoms with Gasteiger partial charge in [-0.05, 0) is 93.2 Å². The average molecular weight is 945 g/mol. The molecule has 1 aliphatic rings. The molecule has 0 saturated carbocycles. The van der Waals surface area contributed by atoms with Gasteiger partial charge in [-0.25, -0.2) is 9.37 Å². The maximum atomic E-state index is 14.2. The number of nitrogens with one attached hydrogen (secondary N) is 3. The monoisotopic (exact) mass is 945 g/mol. The fourth-order valence-corrected chi connectivity index (χ4v) is 6.47. The van der Waals surface area contributed by atoms with Crippen molar-refractivity contribution in [3.63, 3.8) is 0 Å². The highest BCUT2D eigenvalue weighted by atomic mass is 19.1. The summed E-state index contributed by atoms with van der Waals surface area (Å²) in [6, 6.07) is 0. The number of primary amides is 1. The molecule has 0 bridgehead atoms. The van der Waals surface area contributed by atoms with E-state index in [1.54, 1.807) is 30.2 Å². The van der Waals surface area contributed by atoms with E-state index in [-0.39, 0.29) is 44.2 Å². The Morgan fingerprint density at radius 3 is 2.18 bits per heavy atom. The van der Waals surface area contributed by atoms with Crippen LogP contribution >= 0.6 is 0 Å². The van der Waals surface area contributed by atoms with Gasteiger partial charge >= 0.3 is 24.4 Å². The van der Waals surface area contributed by atoms with Gasteiger partial charge in [-0.2, -0.15) is 15.1 Å². The molecule has 1 fully saturated rings. The predicted molar refractivity (Wildman–Crippen MR) is 252 cm³/mol. The number of carbonyl (C=O) groups is 5. The molecule has 3 aromatic heterocycles. The summed E-state index contributed by atoms with van der Waals surface area (Å²) in [5.41, 5.74) is 7.31. The summed E-state index contributed by atoms with van der Waals surface area (Å²) < 4.78 is 33.5. The first-order chi connectivity index (χ1) is 31.8. The van der Waals surface area contributed by atoms with Crippen LogP contribution in [0.3, 0.4) is 0 Å². The van der Waals surface area contributed by atoms with E-state index in [1.807, 2.05) is 46.1 Å². The number of halogens is 1. The van der Waals surface area contributed by atoms with Crippen molar-refractivity contribution in [2.45, 2.75) is 98.4 Å². The van der Waals surface area contributed by atoms with Gasteiger partial charge in [0.2, 0.25) is 17.8 Å². The molecule has 2 amide bonds. The molecule has 3 aromatic rings. The first-order valence-corrected chi connectivity index (χ1v) is 22.8. The summed E-state index contributed by atoms with van der Waals surface area (Å²) in [5, 5.41) is 14.1. The first kappa shape index (κ1) is 55.5. The van der Waals surface area contributed by atoms with Crippen LogP contribution in [0.1, 0.15) is 72.9 Å². The number of anilines is 3. The number of hydrogen-bond donors (Lipinski definition) is 4. The number of aryl methyl sites for hydroxylation is 2. The topological polar surface area (TPSA) is 250 Å². The molecular formula is C44H73FN14O8. The number of nitrogens with two attached hydrogens (primary N) is 1. The number of alkyl halides is 1. The summed E-state index contributed by atoms with van der Waals surface area (Å²) in [7, 11) is 5.24. The second kappa shape index (κ2) is 27.8. The number of esters is 3. The highest BCUT2D eigenvalue weighted by Gasteiger charge is 2.28. The summed E-state index contributed by atoms with van der Waals surface area (Å²) in [4.78, 5) is 80.6. The number of ether oxygens (including phenoxy) is 3. The molecule has 4 heterocycles. The molecule has 0 aromatic carbocycles. The van der Waals surface area contributed by atoms with Gasteiger partial charge in [0.05, 0.1) is 50.4 Å². The Labute approximate surface area is 393 Å². The van der Waals surface area contributed by atoms with Gasteiger partial charge in [0.15, 0.2) is 17.0 Å². The van der Waals surface area contributed by atoms with Crippen molar-refractivity contribution in [3.8, 4) is 0 Å². The summed E-state index contributed by atoms with van der Waals surface area (Å²) in [5.74, 6) is -1.75. The molecular weight excluding hydrogens is 872 g/mol. The molecule has 2 unspecified atom stereocenters. The van der Waals surface area contributed by atoms with Gasteiger partial charge in [0.25, 0.3) is 0 Å². The van der Waals surface area contributed by atoms with Crippen LogP contribution in [0.25, 0.3) is 11.2 Å². The number of hydrogen-bond acceptors (Lipinski definition) is 18. The third-order valence-corrected chi connectivity index (χ3v) is 10.4. The van der Waals surface area contributed by atoms with Crippen LogP contribution in [0.5, 0.6) is 0 Å². The van der Waals surface area contributed by atoms with Crippen molar-refractivity contribution in [2.75, 3.05) is 103 Å². The van der Waals surface area contributed by atoms with E-state index in [4.69, 9.17) is 29.3 Å². The van der Waals surface area contributed by atoms with E-state index in [1.165, 1.54) is 0 Å². The fourth-order valence-electron chi connectivity index (χ4n) is 6.47. The third-order valence-electron chi connectivity index (χ3n) is 10.4. The maximum Gasteiger partial charge on any atom is 0.412 e. The molecule has 67 heavy (non-hydrogen) atoms. The number of amides is 2. The summed E-state index contributed by atoms with van der Waals surface area (Å²) in [6.45, 7) is 17.1. The zero-order valence-electron chi connectivity index (χ0n) is 40.8. The number of rotatable bonds is 27. The highest BCUT2D eigenvalue weighted by molar-refractivity contribution is 5.87. The van der Waals surface area contributed by atoms with E-state index in [9.17, 15) is 28.4 Å². The Bertz CT molecular complexity index is 2070. The molecule has 0 aliphatic carbocycles. The lowest BCUT2D eigenvalue weighted by Gasteiger charge is -2.23. The molecule has 1 aliphatic heterocycles. The van der Waals surface area contributed by atoms with Gasteiger partial charge in [0, 0.05) is 44.5 Å². The highest BCUT2D eigenvalue weighted by Crippen LogP contribution is 2.31. The zero-order valence-corrected chi connectivity index (χ0v) is 40.8. The Balaban J connectivity index is 0.00000225. The van der Waals surface area contributed by atoms with Crippen molar-refractivity contribution in [2.24, 2.45) is 5.73 Å². The molecule has 5 N–H and O–H groups in total. The Hall–Kier alpha value is -5.78. The molecule has 23 heteroatoms. The minimum atomic E-state index is -1.81. The van der Waals surface area contributed by atoms with Crippen LogP contribution < -0.4 is 26.6 Å². The normalized spacial score (nSPS) is 14.2. The Morgan fingerprint density at radius 2 is 1.60 bits per heavy atom. The van der Waals surface area contributed by atoms with Crippen molar-refractivity contribution in [1.29, 1.82) is 0 Å². The molecule has 0 radical (unpaired) electrons. The first-order valence-electron chi connectivity index (χ1n) is 22.8. The molecule has 4 rings (SSSR count). The van der Waals surface area contributed by atoms with E-state index < -0.39 is 36.5 Å². The molecule has 1 saturated heterocycles. The van der Waals surface area contributed by atoms with Crippen molar-refractivity contribution in [3.05, 3.63) is 30.9 Å². The number of aromatic nitrogens is 6. The van der Waals surface area contributed by atoms with Gasteiger partial charge in [0.1, 0.15) is 6.17 Å². The lowest BCUT2D eigenvalue weighted by Crippen LogP contribution is -2.41. The van der Waals surface area contributed by atoms with Crippen molar-refractivity contribution < 1.29 is 42.6 Å². The summed E-state index contributed by atoms with van der Waals surface area (Å²) >= 11 is 0. The van der Waals surface area contributed by atoms with Crippen molar-refractivity contribution in [1.82, 2.24) is 54.6 Å². The second-order valence-corrected chi connectivity index (χ2v) is 17.3. The smallest absolute Gasteiger partial charge is 0.389 e. The largest absolute Gasteiger partial charge is 0.412 e. The number of nitrogens with zero attached hydrogens (tertiary/aromatic N) is 10. The Morgan fingerprint density at radius 1 is 0.955 bits per heavy atom. The van der Waals surface area contributed by atoms with Crippen molar-refractivity contribution >= 4 is 58.3 Å². The third kappa shape index (κ3) is 19.5. The fraction of sp³-hybridized carbons (Fsp3) is 0.659. The number of fused-ring (bicyclic) bond motifs is 1. The molecule has 2 atom stereocenters.